The van der Waals surface area contributed by atoms with Gasteiger partial charge in [-0.3, -0.25) is 0 Å². The van der Waals surface area contributed by atoms with Gasteiger partial charge in [-0.1, -0.05) is 43.2 Å². The summed E-state index contributed by atoms with van der Waals surface area (Å²) >= 11 is 5.68. The van der Waals surface area contributed by atoms with Gasteiger partial charge >= 0.3 is 0 Å². The van der Waals surface area contributed by atoms with Crippen molar-refractivity contribution in [1.29, 1.82) is 0 Å². The maximum absolute atomic E-state index is 5.68. The molecule has 172 valence electrons. The molecule has 2 aromatic carbocycles. The van der Waals surface area contributed by atoms with Crippen molar-refractivity contribution in [2.24, 2.45) is 0 Å². The Morgan fingerprint density at radius 2 is 1.82 bits per heavy atom. The average molecular weight is 461 g/mol. The molecular weight excluding hydrogens is 428 g/mol. The Labute approximate surface area is 201 Å². The van der Waals surface area contributed by atoms with E-state index in [0.29, 0.717) is 5.11 Å². The molecule has 6 heteroatoms. The van der Waals surface area contributed by atoms with Crippen LogP contribution in [0.4, 0.5) is 11.5 Å². The van der Waals surface area contributed by atoms with E-state index in [1.165, 1.54) is 36.8 Å². The summed E-state index contributed by atoms with van der Waals surface area (Å²) in [6.07, 6.45) is 4.97. The number of nitrogens with zero attached hydrogens (tertiary/aromatic N) is 2. The number of aromatic nitrogens is 1. The number of hydrogen-bond acceptors (Lipinski definition) is 4. The molecule has 1 aliphatic carbocycles. The normalized spacial score (nSPS) is 17.8. The number of nitrogens with one attached hydrogen (secondary N) is 2. The lowest BCUT2D eigenvalue weighted by Gasteiger charge is -2.30. The second kappa shape index (κ2) is 9.65. The number of fused-ring (bicyclic) bond motifs is 1. The maximum Gasteiger partial charge on any atom is 0.170 e. The third kappa shape index (κ3) is 4.82. The van der Waals surface area contributed by atoms with Crippen LogP contribution in [0.5, 0.6) is 0 Å². The number of hydrogen-bond donors (Lipinski definition) is 2. The first-order chi connectivity index (χ1) is 16.1. The summed E-state index contributed by atoms with van der Waals surface area (Å²) in [5.41, 5.74) is 4.81. The van der Waals surface area contributed by atoms with E-state index < -0.39 is 0 Å². The lowest BCUT2D eigenvalue weighted by molar-refractivity contribution is 0.122. The maximum atomic E-state index is 5.68. The fourth-order valence-electron chi connectivity index (χ4n) is 5.24. The highest BCUT2D eigenvalue weighted by molar-refractivity contribution is 7.80. The van der Waals surface area contributed by atoms with Crippen LogP contribution in [0.15, 0.2) is 54.6 Å². The fourth-order valence-corrected chi connectivity index (χ4v) is 5.43. The Kier molecular flexibility index (Phi) is 6.47. The lowest BCUT2D eigenvalue weighted by atomic mass is 9.79. The summed E-state index contributed by atoms with van der Waals surface area (Å²) in [5.74, 6) is 1.03. The van der Waals surface area contributed by atoms with Crippen LogP contribution in [0.25, 0.3) is 10.9 Å². The van der Waals surface area contributed by atoms with Crippen LogP contribution in [-0.2, 0) is 10.2 Å². The molecule has 2 fully saturated rings. The highest BCUT2D eigenvalue weighted by Crippen LogP contribution is 2.40. The van der Waals surface area contributed by atoms with Crippen molar-refractivity contribution in [3.05, 3.63) is 65.7 Å². The molecule has 1 saturated heterocycles. The van der Waals surface area contributed by atoms with E-state index in [2.05, 4.69) is 77.1 Å². The second-order valence-electron chi connectivity index (χ2n) is 9.29. The smallest absolute Gasteiger partial charge is 0.170 e. The van der Waals surface area contributed by atoms with Crippen LogP contribution in [0.2, 0.25) is 0 Å². The Balaban J connectivity index is 1.27. The zero-order chi connectivity index (χ0) is 22.7. The van der Waals surface area contributed by atoms with Crippen molar-refractivity contribution in [2.45, 2.75) is 38.0 Å². The number of aryl methyl sites for hydroxylation is 1. The number of pyridine rings is 1. The van der Waals surface area contributed by atoms with Crippen LogP contribution in [-0.4, -0.2) is 42.9 Å². The highest BCUT2D eigenvalue weighted by atomic mass is 32.1. The zero-order valence-electron chi connectivity index (χ0n) is 19.3. The Bertz CT molecular complexity index is 1120. The van der Waals surface area contributed by atoms with Crippen LogP contribution in [0.1, 0.15) is 36.8 Å². The van der Waals surface area contributed by atoms with Gasteiger partial charge in [0.15, 0.2) is 5.11 Å². The molecule has 0 atom stereocenters. The Morgan fingerprint density at radius 1 is 1.06 bits per heavy atom. The minimum absolute atomic E-state index is 0.173. The predicted octanol–water partition coefficient (Wildman–Crippen LogP) is 5.18. The van der Waals surface area contributed by atoms with Gasteiger partial charge in [0.1, 0.15) is 5.82 Å². The molecule has 5 rings (SSSR count). The van der Waals surface area contributed by atoms with Crippen molar-refractivity contribution < 1.29 is 4.74 Å². The van der Waals surface area contributed by atoms with Gasteiger partial charge in [0, 0.05) is 36.1 Å². The summed E-state index contributed by atoms with van der Waals surface area (Å²) in [4.78, 5) is 7.20. The minimum Gasteiger partial charge on any atom is -0.378 e. The molecule has 1 saturated carbocycles. The molecule has 1 aliphatic heterocycles. The molecule has 0 amide bonds. The van der Waals surface area contributed by atoms with E-state index in [-0.39, 0.29) is 5.41 Å². The summed E-state index contributed by atoms with van der Waals surface area (Å²) in [6, 6.07) is 19.4. The van der Waals surface area contributed by atoms with Gasteiger partial charge < -0.3 is 20.3 Å². The van der Waals surface area contributed by atoms with Gasteiger partial charge in [-0.05, 0) is 67.4 Å². The SMILES string of the molecule is Cc1cc(N2CCOCC2)nc2ccc(NC(=S)NCC3(c4ccccc4)CCCC3)cc12. The molecule has 33 heavy (non-hydrogen) atoms. The Morgan fingerprint density at radius 3 is 2.58 bits per heavy atom. The molecule has 2 N–H and O–H groups in total. The summed E-state index contributed by atoms with van der Waals surface area (Å²) in [6.45, 7) is 6.32. The molecule has 2 heterocycles. The van der Waals surface area contributed by atoms with Gasteiger partial charge in [-0.2, -0.15) is 0 Å². The van der Waals surface area contributed by atoms with E-state index in [1.807, 2.05) is 0 Å². The molecular formula is C27H32N4OS. The van der Waals surface area contributed by atoms with Gasteiger partial charge in [0.25, 0.3) is 0 Å². The first-order valence-electron chi connectivity index (χ1n) is 12.0. The zero-order valence-corrected chi connectivity index (χ0v) is 20.1. The third-order valence-corrected chi connectivity index (χ3v) is 7.38. The van der Waals surface area contributed by atoms with E-state index in [4.69, 9.17) is 21.9 Å². The molecule has 0 bridgehead atoms. The highest BCUT2D eigenvalue weighted by Gasteiger charge is 2.35. The molecule has 0 radical (unpaired) electrons. The molecule has 1 aromatic heterocycles. The van der Waals surface area contributed by atoms with E-state index in [9.17, 15) is 0 Å². The topological polar surface area (TPSA) is 49.4 Å². The van der Waals surface area contributed by atoms with Gasteiger partial charge in [-0.15, -0.1) is 0 Å². The Hall–Kier alpha value is -2.70. The van der Waals surface area contributed by atoms with Crippen molar-refractivity contribution >= 4 is 39.7 Å². The van der Waals surface area contributed by atoms with E-state index in [1.54, 1.807) is 0 Å². The van der Waals surface area contributed by atoms with Crippen LogP contribution < -0.4 is 15.5 Å². The summed E-state index contributed by atoms with van der Waals surface area (Å²) in [7, 11) is 0. The average Bonchev–Trinajstić information content (AvgIpc) is 3.34. The monoisotopic (exact) mass is 460 g/mol. The fraction of sp³-hybridized carbons (Fsp3) is 0.407. The number of thiocarbonyl (C=S) groups is 1. The first kappa shape index (κ1) is 22.1. The quantitative estimate of drug-likeness (QED) is 0.512. The van der Waals surface area contributed by atoms with Crippen molar-refractivity contribution in [3.63, 3.8) is 0 Å². The lowest BCUT2D eigenvalue weighted by Crippen LogP contribution is -2.40. The van der Waals surface area contributed by atoms with Crippen molar-refractivity contribution in [3.8, 4) is 0 Å². The summed E-state index contributed by atoms with van der Waals surface area (Å²) in [5, 5.41) is 8.73. The molecule has 3 aromatic rings. The van der Waals surface area contributed by atoms with Gasteiger partial charge in [-0.25, -0.2) is 4.98 Å². The van der Waals surface area contributed by atoms with Crippen LogP contribution in [0.3, 0.4) is 0 Å². The predicted molar refractivity (Wildman–Crippen MR) is 140 cm³/mol. The number of ether oxygens (including phenoxy) is 1. The first-order valence-corrected chi connectivity index (χ1v) is 12.4. The number of benzene rings is 2. The molecule has 0 unspecified atom stereocenters. The number of morpholine rings is 1. The number of rotatable bonds is 5. The van der Waals surface area contributed by atoms with Gasteiger partial charge in [0.2, 0.25) is 0 Å². The largest absolute Gasteiger partial charge is 0.378 e. The minimum atomic E-state index is 0.173. The van der Waals surface area contributed by atoms with Crippen molar-refractivity contribution in [2.75, 3.05) is 43.1 Å². The van der Waals surface area contributed by atoms with Crippen LogP contribution >= 0.6 is 12.2 Å². The van der Waals surface area contributed by atoms with Crippen molar-refractivity contribution in [1.82, 2.24) is 10.3 Å². The molecule has 2 aliphatic rings. The van der Waals surface area contributed by atoms with E-state index >= 15 is 0 Å². The van der Waals surface area contributed by atoms with Crippen LogP contribution in [0, 0.1) is 6.92 Å². The third-order valence-electron chi connectivity index (χ3n) is 7.13. The standard InChI is InChI=1S/C27H32N4OS/c1-20-17-25(31-13-15-32-16-14-31)30-24-10-9-22(18-23(20)24)29-26(33)28-19-27(11-5-6-12-27)21-7-3-2-4-8-21/h2-4,7-10,17-18H,5-6,11-16,19H2,1H3,(H2,28,29,33). The van der Waals surface area contributed by atoms with E-state index in [0.717, 1.165) is 55.3 Å². The number of anilines is 2. The molecule has 5 nitrogen and oxygen atoms in total. The summed E-state index contributed by atoms with van der Waals surface area (Å²) < 4.78 is 5.48. The van der Waals surface area contributed by atoms with Gasteiger partial charge in [0.05, 0.1) is 18.7 Å². The molecule has 0 spiro atoms. The second-order valence-corrected chi connectivity index (χ2v) is 9.70.